The first kappa shape index (κ1) is 65.0. The Balaban J connectivity index is -0.000000107. The molecule has 8 nitrogen and oxygen atoms in total. The molecule has 0 aliphatic carbocycles. The Hall–Kier alpha value is 2.05. The van der Waals surface area contributed by atoms with Crippen LogP contribution in [0.1, 0.15) is 115 Å². The molecule has 0 aliphatic rings. The molecule has 0 aromatic rings. The van der Waals surface area contributed by atoms with Crippen molar-refractivity contribution in [3.05, 3.63) is 5.73 Å². The molecule has 0 saturated carbocycles. The van der Waals surface area contributed by atoms with Crippen molar-refractivity contribution in [2.24, 2.45) is 17.8 Å². The number of nitrogens with one attached hydrogen (secondary N) is 1. The first-order valence-corrected chi connectivity index (χ1v) is 18.5. The fraction of sp³-hybridized carbons (Fsp3) is 0.941. The second-order valence-electron chi connectivity index (χ2n) is 12.2. The van der Waals surface area contributed by atoms with Crippen LogP contribution in [0.2, 0.25) is 0 Å². The van der Waals surface area contributed by atoms with E-state index in [1.807, 2.05) is 32.0 Å². The van der Waals surface area contributed by atoms with Gasteiger partial charge in [-0.05, 0) is 68.9 Å². The van der Waals surface area contributed by atoms with E-state index in [0.717, 1.165) is 31.1 Å². The van der Waals surface area contributed by atoms with Crippen LogP contribution >= 0.6 is 36.7 Å². The van der Waals surface area contributed by atoms with E-state index in [-0.39, 0.29) is 108 Å². The molecule has 0 aliphatic heterocycles. The maximum absolute atomic E-state index is 10.00. The van der Waals surface area contributed by atoms with Crippen LogP contribution in [0.5, 0.6) is 0 Å². The molecule has 0 spiro atoms. The maximum atomic E-state index is 10.00. The number of rotatable bonds is 20. The summed E-state index contributed by atoms with van der Waals surface area (Å²) in [5.41, 5.74) is 6.81. The number of hydrogen-bond acceptors (Lipinski definition) is 10. The molecule has 0 amide bonds. The molecule has 280 valence electrons. The van der Waals surface area contributed by atoms with E-state index in [4.69, 9.17) is 49.9 Å². The smallest absolute Gasteiger partial charge is 0.675 e. The third-order valence-electron chi connectivity index (χ3n) is 6.69. The number of thiocarbonyl (C=S) groups is 3. The maximum Gasteiger partial charge on any atom is 1.00 e. The van der Waals surface area contributed by atoms with Gasteiger partial charge >= 0.3 is 59.1 Å². The van der Waals surface area contributed by atoms with E-state index in [9.17, 15) is 10.2 Å². The third-order valence-corrected chi connectivity index (χ3v) is 7.21. The van der Waals surface area contributed by atoms with Crippen LogP contribution in [0.25, 0.3) is 5.73 Å². The van der Waals surface area contributed by atoms with E-state index in [1.54, 1.807) is 4.90 Å². The second-order valence-corrected chi connectivity index (χ2v) is 13.9. The zero-order valence-corrected chi connectivity index (χ0v) is 40.5. The fourth-order valence-corrected chi connectivity index (χ4v) is 2.50. The van der Waals surface area contributed by atoms with Crippen molar-refractivity contribution >= 4 is 57.9 Å². The molecule has 0 fully saturated rings. The minimum absolute atomic E-state index is 0. The van der Waals surface area contributed by atoms with Gasteiger partial charge in [-0.25, -0.2) is 0 Å². The van der Waals surface area contributed by atoms with Crippen LogP contribution in [-0.4, -0.2) is 105 Å². The molecule has 4 N–H and O–H groups in total. The van der Waals surface area contributed by atoms with Gasteiger partial charge in [0.2, 0.25) is 0 Å². The van der Waals surface area contributed by atoms with Gasteiger partial charge < -0.3 is 65.0 Å². The van der Waals surface area contributed by atoms with Gasteiger partial charge in [-0.1, -0.05) is 92.8 Å². The van der Waals surface area contributed by atoms with Gasteiger partial charge in [-0.2, -0.15) is 0 Å². The predicted octanol–water partition coefficient (Wildman–Crippen LogP) is 2.07. The van der Waals surface area contributed by atoms with Gasteiger partial charge in [-0.3, -0.25) is 0 Å². The zero-order valence-electron chi connectivity index (χ0n) is 33.3. The minimum Gasteiger partial charge on any atom is -0.675 e. The van der Waals surface area contributed by atoms with Crippen molar-refractivity contribution in [1.29, 1.82) is 0 Å². The fourth-order valence-electron chi connectivity index (χ4n) is 2.21. The van der Waals surface area contributed by atoms with Crippen molar-refractivity contribution in [3.8, 4) is 0 Å². The van der Waals surface area contributed by atoms with Gasteiger partial charge in [0.05, 0.1) is 50.3 Å². The number of aliphatic hydroxyl groups excluding tert-OH is 3. The van der Waals surface area contributed by atoms with Crippen molar-refractivity contribution in [3.63, 3.8) is 0 Å². The van der Waals surface area contributed by atoms with Crippen LogP contribution in [-0.2, 0) is 26.8 Å². The Kier molecular flexibility index (Phi) is 66.4. The van der Waals surface area contributed by atoms with Gasteiger partial charge in [-0.15, -0.1) is 6.54 Å². The summed E-state index contributed by atoms with van der Waals surface area (Å²) >= 11 is 17.9. The molecule has 6 atom stereocenters. The van der Waals surface area contributed by atoms with Crippen LogP contribution in [0.3, 0.4) is 0 Å². The summed E-state index contributed by atoms with van der Waals surface area (Å²) in [7, 11) is 0. The topological polar surface area (TPSA) is 115 Å². The largest absolute Gasteiger partial charge is 1.00 e. The van der Waals surface area contributed by atoms with Gasteiger partial charge in [0.1, 0.15) is 0 Å². The molecule has 0 aromatic carbocycles. The van der Waals surface area contributed by atoms with E-state index in [0.29, 0.717) is 19.1 Å². The zero-order chi connectivity index (χ0) is 37.1. The summed E-state index contributed by atoms with van der Waals surface area (Å²) < 4.78 is 18.3. The van der Waals surface area contributed by atoms with E-state index >= 15 is 0 Å². The molecule has 0 saturated heterocycles. The van der Waals surface area contributed by atoms with Crippen molar-refractivity contribution in [2.75, 3.05) is 46.1 Å². The summed E-state index contributed by atoms with van der Waals surface area (Å²) in [5, 5.41) is 28.9. The van der Waals surface area contributed by atoms with Crippen LogP contribution in [0, 0.1) is 17.8 Å². The monoisotopic (exact) mass is 778 g/mol. The Morgan fingerprint density at radius 2 is 1.00 bits per heavy atom. The summed E-state index contributed by atoms with van der Waals surface area (Å²) in [6, 6.07) is 0. The summed E-state index contributed by atoms with van der Waals surface area (Å²) in [6.07, 6.45) is 3.69. The Morgan fingerprint density at radius 1 is 0.667 bits per heavy atom. The second kappa shape index (κ2) is 49.0. The molecular weight excluding hydrogens is 707 g/mol. The standard InChI is InChI=1S/C15H31NO4S2.C8H18NO2.2C5H12.CS2.2Na/c1-5-11(3)19-9-13(17)7-16(15(21)22)8-14(18)10-20-12(4)6-2;1-3-7(2)5-11-6-8(10)4-9;2*1-4-5(2)3;2-1-3;;/h11-14,17-18H,5-10H2,1-4H3,(H,21,22);7-10H,3-6H2,1-2H3;2*5H,4H2,1-3H3;;;/q;-1;;;;2*+1/p-1. The molecule has 14 heteroatoms. The number of nitrogens with zero attached hydrogens (tertiary/aromatic N) is 1. The molecule has 0 rings (SSSR count). The number of ether oxygens (including phenoxy) is 3. The van der Waals surface area contributed by atoms with Crippen LogP contribution in [0.4, 0.5) is 0 Å². The quantitative estimate of drug-likeness (QED) is 0.0960. The van der Waals surface area contributed by atoms with E-state index in [1.165, 1.54) is 12.8 Å². The molecule has 48 heavy (non-hydrogen) atoms. The number of aliphatic hydroxyl groups is 3. The van der Waals surface area contributed by atoms with Crippen molar-refractivity contribution < 1.29 is 88.6 Å². The van der Waals surface area contributed by atoms with Gasteiger partial charge in [0, 0.05) is 24.0 Å². The van der Waals surface area contributed by atoms with Gasteiger partial charge in [0.15, 0.2) is 0 Å². The predicted molar refractivity (Wildman–Crippen MR) is 211 cm³/mol. The molecule has 6 unspecified atom stereocenters. The number of hydrogen-bond donors (Lipinski definition) is 3. The van der Waals surface area contributed by atoms with Crippen LogP contribution < -0.4 is 59.1 Å². The Morgan fingerprint density at radius 3 is 1.23 bits per heavy atom. The Bertz CT molecular complexity index is 631. The molecule has 0 radical (unpaired) electrons. The first-order chi connectivity index (χ1) is 21.5. The van der Waals surface area contributed by atoms with Crippen LogP contribution in [0.15, 0.2) is 0 Å². The molecule has 0 aromatic heterocycles. The normalized spacial score (nSPS) is 13.6. The average Bonchev–Trinajstić information content (AvgIpc) is 3.02. The van der Waals surface area contributed by atoms with Crippen molar-refractivity contribution in [1.82, 2.24) is 4.90 Å². The third kappa shape index (κ3) is 60.2. The SMILES string of the molecule is CCC(C)C.CCC(C)C.CCC(C)COCC(O)C[NH-].CCC(C)OCC(O)CN(CC(O)COC(C)CC)C(=S)[S-].S=C=S.[Na+].[Na+]. The summed E-state index contributed by atoms with van der Waals surface area (Å²) in [5.74, 6) is 2.32. The molecular formula is C34H72N2Na2O6S4. The van der Waals surface area contributed by atoms with Gasteiger partial charge in [0.25, 0.3) is 0 Å². The average molecular weight is 779 g/mol. The van der Waals surface area contributed by atoms with E-state index in [2.05, 4.69) is 79.8 Å². The molecule has 0 heterocycles. The molecule has 0 bridgehead atoms. The van der Waals surface area contributed by atoms with Crippen molar-refractivity contribution in [2.45, 2.75) is 146 Å². The van der Waals surface area contributed by atoms with E-state index < -0.39 is 18.3 Å². The summed E-state index contributed by atoms with van der Waals surface area (Å²) in [4.78, 5) is 1.61. The Labute approximate surface area is 363 Å². The first-order valence-electron chi connectivity index (χ1n) is 16.9. The summed E-state index contributed by atoms with van der Waals surface area (Å²) in [6.45, 7) is 27.4. The minimum atomic E-state index is -0.697.